The Morgan fingerprint density at radius 2 is 1.12 bits per heavy atom. The smallest absolute Gasteiger partial charge is 0.329 e. The molecule has 0 aliphatic rings. The van der Waals surface area contributed by atoms with Gasteiger partial charge in [0.2, 0.25) is 0 Å². The van der Waals surface area contributed by atoms with Gasteiger partial charge in [-0.3, -0.25) is 14.1 Å². The third-order valence-electron chi connectivity index (χ3n) is 5.25. The van der Waals surface area contributed by atoms with Crippen LogP contribution in [0, 0.1) is 0 Å². The van der Waals surface area contributed by atoms with Gasteiger partial charge in [0.25, 0.3) is 10.1 Å². The van der Waals surface area contributed by atoms with Crippen LogP contribution in [0.2, 0.25) is 0 Å². The molecule has 0 aromatic carbocycles. The minimum absolute atomic E-state index is 0.354. The summed E-state index contributed by atoms with van der Waals surface area (Å²) in [5.74, 6) is -2.26. The first-order valence-electron chi connectivity index (χ1n) is 12.7. The average Bonchev–Trinajstić information content (AvgIpc) is 2.75. The molecule has 1 N–H and O–H groups in total. The van der Waals surface area contributed by atoms with Crippen molar-refractivity contribution in [3.05, 3.63) is 0 Å². The molecule has 10 heteroatoms. The summed E-state index contributed by atoms with van der Waals surface area (Å²) in [7, 11) is -4.88. The van der Waals surface area contributed by atoms with Crippen LogP contribution in [0.4, 0.5) is 0 Å². The zero-order valence-electron chi connectivity index (χ0n) is 21.5. The van der Waals surface area contributed by atoms with Crippen LogP contribution >= 0.6 is 0 Å². The second-order valence-corrected chi connectivity index (χ2v) is 10.1. The van der Waals surface area contributed by atoms with E-state index in [1.807, 2.05) is 0 Å². The molecule has 0 aromatic rings. The van der Waals surface area contributed by atoms with Crippen molar-refractivity contribution in [2.24, 2.45) is 0 Å². The van der Waals surface area contributed by atoms with Gasteiger partial charge in [-0.1, -0.05) is 78.1 Å². The van der Waals surface area contributed by atoms with Gasteiger partial charge in [0.1, 0.15) is 0 Å². The summed E-state index contributed by atoms with van der Waals surface area (Å²) in [6, 6.07) is 0. The maximum atomic E-state index is 12.3. The number of carbonyl (C=O) groups is 2. The highest BCUT2D eigenvalue weighted by molar-refractivity contribution is 7.87. The molecule has 0 radical (unpaired) electrons. The molecule has 0 rings (SSSR count). The highest BCUT2D eigenvalue weighted by Gasteiger charge is 2.37. The topological polar surface area (TPSA) is 125 Å². The van der Waals surface area contributed by atoms with Crippen LogP contribution in [0.3, 0.4) is 0 Å². The van der Waals surface area contributed by atoms with Crippen LogP contribution in [0.5, 0.6) is 0 Å². The SMILES string of the molecule is CCCCCCCCOC(C)OC(=O)CC(C(=O)OC(C)OCCCCCCCC)S(=O)(=O)O. The van der Waals surface area contributed by atoms with Crippen LogP contribution < -0.4 is 0 Å². The number of esters is 2. The summed E-state index contributed by atoms with van der Waals surface area (Å²) in [5.41, 5.74) is 0. The molecule has 0 heterocycles. The molecule has 0 aliphatic heterocycles. The third kappa shape index (κ3) is 18.1. The highest BCUT2D eigenvalue weighted by Crippen LogP contribution is 2.13. The van der Waals surface area contributed by atoms with Gasteiger partial charge in [-0.15, -0.1) is 0 Å². The van der Waals surface area contributed by atoms with E-state index in [0.717, 1.165) is 51.4 Å². The Hall–Kier alpha value is -1.23. The van der Waals surface area contributed by atoms with E-state index in [2.05, 4.69) is 13.8 Å². The second-order valence-electron chi connectivity index (χ2n) is 8.55. The lowest BCUT2D eigenvalue weighted by molar-refractivity contribution is -0.181. The van der Waals surface area contributed by atoms with E-state index in [9.17, 15) is 22.6 Å². The first-order valence-corrected chi connectivity index (χ1v) is 14.2. The zero-order valence-corrected chi connectivity index (χ0v) is 22.3. The van der Waals surface area contributed by atoms with Gasteiger partial charge in [0.05, 0.1) is 19.6 Å². The summed E-state index contributed by atoms with van der Waals surface area (Å²) in [5, 5.41) is -2.09. The molecule has 202 valence electrons. The average molecular weight is 511 g/mol. The minimum atomic E-state index is -4.88. The predicted molar refractivity (Wildman–Crippen MR) is 130 cm³/mol. The second kappa shape index (κ2) is 20.0. The van der Waals surface area contributed by atoms with Gasteiger partial charge in [-0.2, -0.15) is 8.42 Å². The lowest BCUT2D eigenvalue weighted by atomic mass is 10.1. The van der Waals surface area contributed by atoms with E-state index in [4.69, 9.17) is 18.9 Å². The Kier molecular flexibility index (Phi) is 19.3. The van der Waals surface area contributed by atoms with Crippen molar-refractivity contribution in [3.8, 4) is 0 Å². The first kappa shape index (κ1) is 32.8. The Morgan fingerprint density at radius 3 is 1.56 bits per heavy atom. The van der Waals surface area contributed by atoms with Gasteiger partial charge in [0.15, 0.2) is 17.8 Å². The van der Waals surface area contributed by atoms with E-state index in [1.54, 1.807) is 0 Å². The lowest BCUT2D eigenvalue weighted by Gasteiger charge is -2.19. The van der Waals surface area contributed by atoms with Crippen molar-refractivity contribution in [2.75, 3.05) is 13.2 Å². The molecule has 0 fully saturated rings. The number of unbranched alkanes of at least 4 members (excludes halogenated alkanes) is 10. The van der Waals surface area contributed by atoms with Crippen LogP contribution in [-0.2, 0) is 38.7 Å². The number of ether oxygens (including phenoxy) is 4. The molecular weight excluding hydrogens is 464 g/mol. The predicted octanol–water partition coefficient (Wildman–Crippen LogP) is 5.17. The van der Waals surface area contributed by atoms with E-state index >= 15 is 0 Å². The van der Waals surface area contributed by atoms with Crippen molar-refractivity contribution in [2.45, 2.75) is 129 Å². The van der Waals surface area contributed by atoms with Gasteiger partial charge < -0.3 is 18.9 Å². The summed E-state index contributed by atoms with van der Waals surface area (Å²) in [6.07, 6.45) is 10.1. The monoisotopic (exact) mass is 510 g/mol. The van der Waals surface area contributed by atoms with Crippen molar-refractivity contribution < 1.29 is 41.5 Å². The molecule has 34 heavy (non-hydrogen) atoms. The maximum Gasteiger partial charge on any atom is 0.329 e. The normalized spacial score (nSPS) is 14.4. The molecule has 0 saturated heterocycles. The Bertz CT molecular complexity index is 636. The van der Waals surface area contributed by atoms with Gasteiger partial charge in [0, 0.05) is 0 Å². The summed E-state index contributed by atoms with van der Waals surface area (Å²) in [6.45, 7) is 8.01. The molecular formula is C24H46O9S. The van der Waals surface area contributed by atoms with Crippen molar-refractivity contribution in [1.82, 2.24) is 0 Å². The van der Waals surface area contributed by atoms with E-state index in [-0.39, 0.29) is 0 Å². The molecule has 3 unspecified atom stereocenters. The van der Waals surface area contributed by atoms with Crippen LogP contribution in [0.15, 0.2) is 0 Å². The number of rotatable bonds is 22. The molecule has 0 saturated carbocycles. The Balaban J connectivity index is 4.35. The van der Waals surface area contributed by atoms with Gasteiger partial charge in [-0.25, -0.2) is 0 Å². The summed E-state index contributed by atoms with van der Waals surface area (Å²) < 4.78 is 53.5. The molecule has 9 nitrogen and oxygen atoms in total. The largest absolute Gasteiger partial charge is 0.436 e. The van der Waals surface area contributed by atoms with Crippen molar-refractivity contribution in [1.29, 1.82) is 0 Å². The molecule has 0 bridgehead atoms. The van der Waals surface area contributed by atoms with Gasteiger partial charge >= 0.3 is 11.9 Å². The fraction of sp³-hybridized carbons (Fsp3) is 0.917. The molecule has 3 atom stereocenters. The Morgan fingerprint density at radius 1 is 0.706 bits per heavy atom. The van der Waals surface area contributed by atoms with E-state index < -0.39 is 46.3 Å². The standard InChI is InChI=1S/C24H46O9S/c1-5-7-9-11-13-15-17-30-20(3)32-23(25)19-22(34(27,28)29)24(26)33-21(4)31-18-16-14-12-10-8-6-2/h20-22H,5-19H2,1-4H3,(H,27,28,29). The van der Waals surface area contributed by atoms with Crippen LogP contribution in [0.25, 0.3) is 0 Å². The number of hydrogen-bond acceptors (Lipinski definition) is 8. The van der Waals surface area contributed by atoms with E-state index in [1.165, 1.54) is 39.5 Å². The molecule has 0 aliphatic carbocycles. The number of hydrogen-bond donors (Lipinski definition) is 1. The molecule has 0 amide bonds. The fourth-order valence-corrected chi connectivity index (χ4v) is 3.91. The van der Waals surface area contributed by atoms with Crippen molar-refractivity contribution >= 4 is 22.1 Å². The highest BCUT2D eigenvalue weighted by atomic mass is 32.2. The van der Waals surface area contributed by atoms with Crippen LogP contribution in [-0.4, -0.2) is 56.0 Å². The van der Waals surface area contributed by atoms with E-state index in [0.29, 0.717) is 13.2 Å². The summed E-state index contributed by atoms with van der Waals surface area (Å²) in [4.78, 5) is 24.4. The first-order chi connectivity index (χ1) is 16.1. The minimum Gasteiger partial charge on any atom is -0.436 e. The summed E-state index contributed by atoms with van der Waals surface area (Å²) >= 11 is 0. The quantitative estimate of drug-likeness (QED) is 0.0909. The molecule has 0 aromatic heterocycles. The van der Waals surface area contributed by atoms with Crippen molar-refractivity contribution in [3.63, 3.8) is 0 Å². The lowest BCUT2D eigenvalue weighted by Crippen LogP contribution is -2.37. The van der Waals surface area contributed by atoms with Gasteiger partial charge in [-0.05, 0) is 26.7 Å². The third-order valence-corrected chi connectivity index (χ3v) is 6.33. The number of carbonyl (C=O) groups excluding carboxylic acids is 2. The fourth-order valence-electron chi connectivity index (χ4n) is 3.27. The van der Waals surface area contributed by atoms with Crippen LogP contribution in [0.1, 0.15) is 111 Å². The maximum absolute atomic E-state index is 12.3. The Labute approximate surface area is 206 Å². The molecule has 0 spiro atoms. The zero-order chi connectivity index (χ0) is 25.8.